The molecule has 0 aliphatic heterocycles. The standard InChI is InChI=1S/C13H16N4O2S.Na/c1-9-7-11(8-13(15-2)16-9)17-20(18,19)12-5-3-10(14)4-6-12;/h3-8H,14H2,1-2H3,(H2,15,16,17);. The molecule has 0 bridgehead atoms. The number of hydrogen-bond donors (Lipinski definition) is 3. The molecular weight excluding hydrogens is 299 g/mol. The summed E-state index contributed by atoms with van der Waals surface area (Å²) in [6.45, 7) is 1.79. The van der Waals surface area contributed by atoms with Gasteiger partial charge < -0.3 is 11.1 Å². The van der Waals surface area contributed by atoms with E-state index >= 15 is 0 Å². The number of nitrogens with one attached hydrogen (secondary N) is 2. The molecule has 2 rings (SSSR count). The summed E-state index contributed by atoms with van der Waals surface area (Å²) in [7, 11) is -1.91. The summed E-state index contributed by atoms with van der Waals surface area (Å²) >= 11 is 0. The molecule has 8 heteroatoms. The van der Waals surface area contributed by atoms with Crippen molar-refractivity contribution in [2.45, 2.75) is 11.8 Å². The molecule has 0 aliphatic rings. The quantitative estimate of drug-likeness (QED) is 0.586. The van der Waals surface area contributed by atoms with Crippen molar-refractivity contribution in [3.8, 4) is 0 Å². The summed E-state index contributed by atoms with van der Waals surface area (Å²) in [6, 6.07) is 9.31. The van der Waals surface area contributed by atoms with Crippen LogP contribution >= 0.6 is 0 Å². The van der Waals surface area contributed by atoms with Gasteiger partial charge in [0.25, 0.3) is 10.0 Å². The van der Waals surface area contributed by atoms with E-state index in [4.69, 9.17) is 5.73 Å². The molecule has 21 heavy (non-hydrogen) atoms. The minimum Gasteiger partial charge on any atom is -0.399 e. The number of pyridine rings is 1. The monoisotopic (exact) mass is 315 g/mol. The van der Waals surface area contributed by atoms with Crippen LogP contribution in [0.1, 0.15) is 5.69 Å². The van der Waals surface area contributed by atoms with Crippen LogP contribution in [0.25, 0.3) is 0 Å². The van der Waals surface area contributed by atoms with Crippen LogP contribution in [0.5, 0.6) is 0 Å². The summed E-state index contributed by atoms with van der Waals surface area (Å²) in [5.41, 5.74) is 7.24. The maximum Gasteiger partial charge on any atom is 0.261 e. The Hall–Kier alpha value is -1.28. The van der Waals surface area contributed by atoms with Crippen molar-refractivity contribution in [1.29, 1.82) is 0 Å². The van der Waals surface area contributed by atoms with E-state index in [-0.39, 0.29) is 34.5 Å². The van der Waals surface area contributed by atoms with Gasteiger partial charge >= 0.3 is 0 Å². The average molecular weight is 315 g/mol. The molecule has 1 radical (unpaired) electrons. The van der Waals surface area contributed by atoms with Crippen LogP contribution in [0.15, 0.2) is 41.3 Å². The van der Waals surface area contributed by atoms with E-state index in [9.17, 15) is 8.42 Å². The second-order valence-corrected chi connectivity index (χ2v) is 5.99. The van der Waals surface area contributed by atoms with Crippen LogP contribution in [0, 0.1) is 6.92 Å². The Morgan fingerprint density at radius 3 is 2.33 bits per heavy atom. The van der Waals surface area contributed by atoms with Gasteiger partial charge in [-0.3, -0.25) is 4.72 Å². The Balaban J connectivity index is 0.00000220. The molecule has 1 aromatic carbocycles. The predicted molar refractivity (Wildman–Crippen MR) is 85.9 cm³/mol. The van der Waals surface area contributed by atoms with Crippen LogP contribution in [0.2, 0.25) is 0 Å². The Morgan fingerprint density at radius 2 is 1.76 bits per heavy atom. The van der Waals surface area contributed by atoms with E-state index in [1.54, 1.807) is 38.2 Å². The molecular formula is C13H16N4NaO2S. The van der Waals surface area contributed by atoms with Crippen molar-refractivity contribution in [2.24, 2.45) is 0 Å². The maximum absolute atomic E-state index is 12.2. The van der Waals surface area contributed by atoms with Crippen molar-refractivity contribution < 1.29 is 8.42 Å². The first-order valence-electron chi connectivity index (χ1n) is 5.95. The second-order valence-electron chi connectivity index (χ2n) is 4.31. The molecule has 0 saturated heterocycles. The molecule has 0 spiro atoms. The van der Waals surface area contributed by atoms with Gasteiger partial charge in [-0.2, -0.15) is 0 Å². The number of rotatable bonds is 4. The Morgan fingerprint density at radius 1 is 1.14 bits per heavy atom. The summed E-state index contributed by atoms with van der Waals surface area (Å²) in [5, 5.41) is 2.88. The smallest absolute Gasteiger partial charge is 0.261 e. The topological polar surface area (TPSA) is 97.1 Å². The van der Waals surface area contributed by atoms with Gasteiger partial charge in [0, 0.05) is 54.1 Å². The molecule has 6 nitrogen and oxygen atoms in total. The first-order chi connectivity index (χ1) is 9.40. The van der Waals surface area contributed by atoms with Gasteiger partial charge in [0.15, 0.2) is 0 Å². The second kappa shape index (κ2) is 7.13. The summed E-state index contributed by atoms with van der Waals surface area (Å²) < 4.78 is 27.0. The third kappa shape index (κ3) is 4.60. The van der Waals surface area contributed by atoms with Gasteiger partial charge in [0.05, 0.1) is 10.6 Å². The molecule has 4 N–H and O–H groups in total. The molecule has 0 amide bonds. The molecule has 0 atom stereocenters. The fourth-order valence-electron chi connectivity index (χ4n) is 1.72. The minimum atomic E-state index is -3.63. The predicted octanol–water partition coefficient (Wildman–Crippen LogP) is 1.43. The Labute approximate surface area is 146 Å². The molecule has 0 saturated carbocycles. The zero-order valence-corrected chi connectivity index (χ0v) is 15.0. The number of anilines is 3. The molecule has 0 fully saturated rings. The molecule has 0 aliphatic carbocycles. The average Bonchev–Trinajstić information content (AvgIpc) is 2.37. The van der Waals surface area contributed by atoms with Gasteiger partial charge in [-0.15, -0.1) is 0 Å². The SMILES string of the molecule is CNc1cc(NS(=O)(=O)c2ccc(N)cc2)cc(C)n1.[Na]. The first-order valence-corrected chi connectivity index (χ1v) is 7.44. The van der Waals surface area contributed by atoms with Gasteiger partial charge in [-0.25, -0.2) is 13.4 Å². The summed E-state index contributed by atoms with van der Waals surface area (Å²) in [6.07, 6.45) is 0. The Bertz CT molecular complexity index is 717. The van der Waals surface area contributed by atoms with E-state index in [0.29, 0.717) is 22.9 Å². The van der Waals surface area contributed by atoms with Gasteiger partial charge in [-0.05, 0) is 37.3 Å². The number of aryl methyl sites for hydroxylation is 1. The third-order valence-electron chi connectivity index (χ3n) is 2.65. The number of nitrogens with two attached hydrogens (primary N) is 1. The third-order valence-corrected chi connectivity index (χ3v) is 4.05. The molecule has 1 aromatic heterocycles. The van der Waals surface area contributed by atoms with Crippen LogP contribution in [-0.2, 0) is 10.0 Å². The zero-order valence-electron chi connectivity index (χ0n) is 12.2. The minimum absolute atomic E-state index is 0. The van der Waals surface area contributed by atoms with Gasteiger partial charge in [0.2, 0.25) is 0 Å². The van der Waals surface area contributed by atoms with Crippen molar-refractivity contribution in [1.82, 2.24) is 4.98 Å². The van der Waals surface area contributed by atoms with Gasteiger partial charge in [0.1, 0.15) is 5.82 Å². The number of benzene rings is 1. The van der Waals surface area contributed by atoms with E-state index in [1.807, 2.05) is 0 Å². The maximum atomic E-state index is 12.2. The van der Waals surface area contributed by atoms with Crippen LogP contribution in [-0.4, -0.2) is 50.0 Å². The number of hydrogen-bond acceptors (Lipinski definition) is 5. The van der Waals surface area contributed by atoms with E-state index in [1.165, 1.54) is 12.1 Å². The van der Waals surface area contributed by atoms with E-state index in [0.717, 1.165) is 0 Å². The van der Waals surface area contributed by atoms with Crippen LogP contribution in [0.4, 0.5) is 17.2 Å². The zero-order chi connectivity index (χ0) is 14.8. The van der Waals surface area contributed by atoms with E-state index < -0.39 is 10.0 Å². The molecule has 107 valence electrons. The van der Waals surface area contributed by atoms with Crippen LogP contribution < -0.4 is 15.8 Å². The summed E-state index contributed by atoms with van der Waals surface area (Å²) in [4.78, 5) is 4.36. The molecule has 1 heterocycles. The molecule has 0 unspecified atom stereocenters. The van der Waals surface area contributed by atoms with Crippen molar-refractivity contribution in [2.75, 3.05) is 22.8 Å². The summed E-state index contributed by atoms with van der Waals surface area (Å²) in [5.74, 6) is 0.597. The number of sulfonamides is 1. The normalized spacial score (nSPS) is 10.6. The number of nitrogens with zero attached hydrogens (tertiary/aromatic N) is 1. The molecule has 2 aromatic rings. The fourth-order valence-corrected chi connectivity index (χ4v) is 2.76. The Kier molecular flexibility index (Phi) is 6.03. The number of nitrogen functional groups attached to an aromatic ring is 1. The van der Waals surface area contributed by atoms with Gasteiger partial charge in [-0.1, -0.05) is 0 Å². The fraction of sp³-hybridized carbons (Fsp3) is 0.154. The van der Waals surface area contributed by atoms with Crippen molar-refractivity contribution in [3.05, 3.63) is 42.1 Å². The van der Waals surface area contributed by atoms with Crippen LogP contribution in [0.3, 0.4) is 0 Å². The largest absolute Gasteiger partial charge is 0.399 e. The van der Waals surface area contributed by atoms with Crippen molar-refractivity contribution in [3.63, 3.8) is 0 Å². The van der Waals surface area contributed by atoms with E-state index in [2.05, 4.69) is 15.0 Å². The first kappa shape index (κ1) is 17.8. The number of aromatic nitrogens is 1. The van der Waals surface area contributed by atoms with Crippen molar-refractivity contribution >= 4 is 56.8 Å².